The van der Waals surface area contributed by atoms with Crippen molar-refractivity contribution >= 4 is 24.1 Å². The highest BCUT2D eigenvalue weighted by atomic mass is 35.5. The van der Waals surface area contributed by atoms with Crippen molar-refractivity contribution in [2.75, 3.05) is 19.6 Å². The van der Waals surface area contributed by atoms with Crippen LogP contribution in [0.4, 0.5) is 5.82 Å². The first-order valence-electron chi connectivity index (χ1n) is 9.26. The molecule has 1 unspecified atom stereocenters. The summed E-state index contributed by atoms with van der Waals surface area (Å²) in [5.74, 6) is 0.411. The van der Waals surface area contributed by atoms with Gasteiger partial charge in [-0.05, 0) is 27.5 Å². The summed E-state index contributed by atoms with van der Waals surface area (Å²) >= 11 is 0. The third-order valence-corrected chi connectivity index (χ3v) is 5.05. The van der Waals surface area contributed by atoms with Gasteiger partial charge in [0, 0.05) is 39.5 Å². The number of rotatable bonds is 6. The molecule has 1 saturated heterocycles. The number of nitrogens with zero attached hydrogens (tertiary/aromatic N) is 4. The van der Waals surface area contributed by atoms with E-state index in [1.807, 2.05) is 4.90 Å². The van der Waals surface area contributed by atoms with Gasteiger partial charge in [0.05, 0.1) is 6.04 Å². The standard InChI is InChI=1S/C19H25N5O3.ClH/c1-3-15-4-6-16(7-5-15)17-12-20-9-11-23(17)19(25)8-10-22-13-18(24(26)27)21-14(22)2;/h4-7,13,17,20H,3,8-12H2,1-2H3;1H. The second-order valence-electron chi connectivity index (χ2n) is 6.75. The highest BCUT2D eigenvalue weighted by Gasteiger charge is 2.28. The molecule has 1 amide bonds. The Morgan fingerprint density at radius 1 is 1.36 bits per heavy atom. The number of aryl methyl sites for hydroxylation is 3. The Bertz CT molecular complexity index is 821. The van der Waals surface area contributed by atoms with E-state index >= 15 is 0 Å². The molecule has 3 rings (SSSR count). The zero-order chi connectivity index (χ0) is 19.4. The van der Waals surface area contributed by atoms with Gasteiger partial charge in [-0.25, -0.2) is 0 Å². The lowest BCUT2D eigenvalue weighted by atomic mass is 10.0. The van der Waals surface area contributed by atoms with Gasteiger partial charge in [-0.2, -0.15) is 0 Å². The molecule has 28 heavy (non-hydrogen) atoms. The van der Waals surface area contributed by atoms with Crippen LogP contribution in [0.25, 0.3) is 0 Å². The van der Waals surface area contributed by atoms with Gasteiger partial charge in [-0.1, -0.05) is 31.2 Å². The first kappa shape index (κ1) is 21.8. The fourth-order valence-corrected chi connectivity index (χ4v) is 3.44. The second kappa shape index (κ2) is 9.66. The van der Waals surface area contributed by atoms with E-state index in [1.54, 1.807) is 11.5 Å². The molecule has 1 fully saturated rings. The Balaban J connectivity index is 0.00000280. The predicted octanol–water partition coefficient (Wildman–Crippen LogP) is 2.65. The lowest BCUT2D eigenvalue weighted by Crippen LogP contribution is -2.48. The Morgan fingerprint density at radius 3 is 2.68 bits per heavy atom. The number of nitrogens with one attached hydrogen (secondary N) is 1. The van der Waals surface area contributed by atoms with Gasteiger partial charge >= 0.3 is 5.82 Å². The number of halogens is 1. The maximum Gasteiger partial charge on any atom is 0.381 e. The topological polar surface area (TPSA) is 93.3 Å². The Labute approximate surface area is 170 Å². The zero-order valence-corrected chi connectivity index (χ0v) is 16.9. The molecular formula is C19H26ClN5O3. The van der Waals surface area contributed by atoms with Gasteiger partial charge < -0.3 is 24.9 Å². The number of carbonyl (C=O) groups excluding carboxylic acids is 1. The van der Waals surface area contributed by atoms with Gasteiger partial charge in [0.2, 0.25) is 11.7 Å². The lowest BCUT2D eigenvalue weighted by molar-refractivity contribution is -0.389. The number of aromatic nitrogens is 2. The summed E-state index contributed by atoms with van der Waals surface area (Å²) in [6, 6.07) is 8.43. The molecule has 0 aliphatic carbocycles. The van der Waals surface area contributed by atoms with Crippen LogP contribution in [0.5, 0.6) is 0 Å². The van der Waals surface area contributed by atoms with Crippen molar-refractivity contribution in [1.82, 2.24) is 19.8 Å². The van der Waals surface area contributed by atoms with E-state index in [4.69, 9.17) is 0 Å². The van der Waals surface area contributed by atoms with Gasteiger partial charge in [0.15, 0.2) is 0 Å². The van der Waals surface area contributed by atoms with Crippen LogP contribution >= 0.6 is 12.4 Å². The van der Waals surface area contributed by atoms with Crippen molar-refractivity contribution in [3.05, 3.63) is 57.5 Å². The summed E-state index contributed by atoms with van der Waals surface area (Å²) in [4.78, 5) is 29.0. The van der Waals surface area contributed by atoms with Crippen LogP contribution < -0.4 is 5.32 Å². The SMILES string of the molecule is CCc1ccc(C2CNCCN2C(=O)CCn2cc([N+](=O)[O-])nc2C)cc1.Cl. The normalized spacial score (nSPS) is 16.5. The molecule has 9 heteroatoms. The highest BCUT2D eigenvalue weighted by molar-refractivity contribution is 5.85. The van der Waals surface area contributed by atoms with Crippen LogP contribution in [0, 0.1) is 17.0 Å². The lowest BCUT2D eigenvalue weighted by Gasteiger charge is -2.36. The van der Waals surface area contributed by atoms with Crippen LogP contribution in [0.15, 0.2) is 30.5 Å². The van der Waals surface area contributed by atoms with E-state index in [0.717, 1.165) is 25.1 Å². The van der Waals surface area contributed by atoms with E-state index in [-0.39, 0.29) is 36.6 Å². The first-order valence-corrected chi connectivity index (χ1v) is 9.26. The average molecular weight is 408 g/mol. The van der Waals surface area contributed by atoms with E-state index in [9.17, 15) is 14.9 Å². The highest BCUT2D eigenvalue weighted by Crippen LogP contribution is 2.24. The Hall–Kier alpha value is -2.45. The number of hydrogen-bond donors (Lipinski definition) is 1. The summed E-state index contributed by atoms with van der Waals surface area (Å²) in [5.41, 5.74) is 2.40. The molecule has 0 spiro atoms. The summed E-state index contributed by atoms with van der Waals surface area (Å²) in [6.45, 7) is 6.37. The smallest absolute Gasteiger partial charge is 0.358 e. The molecule has 8 nitrogen and oxygen atoms in total. The third-order valence-electron chi connectivity index (χ3n) is 5.05. The molecule has 2 aromatic rings. The molecule has 1 atom stereocenters. The fourth-order valence-electron chi connectivity index (χ4n) is 3.44. The molecule has 1 N–H and O–H groups in total. The van der Waals surface area contributed by atoms with Crippen LogP contribution in [0.2, 0.25) is 0 Å². The maximum atomic E-state index is 12.9. The van der Waals surface area contributed by atoms with Crippen molar-refractivity contribution in [1.29, 1.82) is 0 Å². The number of imidazole rings is 1. The minimum atomic E-state index is -0.516. The second-order valence-corrected chi connectivity index (χ2v) is 6.75. The number of carbonyl (C=O) groups is 1. The number of benzene rings is 1. The largest absolute Gasteiger partial charge is 0.381 e. The van der Waals surface area contributed by atoms with Crippen LogP contribution in [0.1, 0.15) is 36.3 Å². The maximum absolute atomic E-state index is 12.9. The molecular weight excluding hydrogens is 382 g/mol. The molecule has 1 aliphatic heterocycles. The third kappa shape index (κ3) is 4.88. The van der Waals surface area contributed by atoms with Crippen LogP contribution in [0.3, 0.4) is 0 Å². The monoisotopic (exact) mass is 407 g/mol. The van der Waals surface area contributed by atoms with Crippen molar-refractivity contribution in [3.63, 3.8) is 0 Å². The molecule has 1 aromatic carbocycles. The van der Waals surface area contributed by atoms with Crippen molar-refractivity contribution in [2.45, 2.75) is 39.3 Å². The Morgan fingerprint density at radius 2 is 2.07 bits per heavy atom. The molecule has 0 bridgehead atoms. The predicted molar refractivity (Wildman–Crippen MR) is 109 cm³/mol. The van der Waals surface area contributed by atoms with Gasteiger partial charge in [-0.15, -0.1) is 12.4 Å². The number of nitro groups is 1. The van der Waals surface area contributed by atoms with Crippen molar-refractivity contribution in [3.8, 4) is 0 Å². The number of amides is 1. The molecule has 2 heterocycles. The van der Waals surface area contributed by atoms with Gasteiger partial charge in [0.1, 0.15) is 6.20 Å². The fraction of sp³-hybridized carbons (Fsp3) is 0.474. The summed E-state index contributed by atoms with van der Waals surface area (Å²) in [6.07, 6.45) is 2.67. The molecule has 0 radical (unpaired) electrons. The zero-order valence-electron chi connectivity index (χ0n) is 16.1. The quantitative estimate of drug-likeness (QED) is 0.586. The van der Waals surface area contributed by atoms with Crippen LogP contribution in [-0.4, -0.2) is 44.9 Å². The number of hydrogen-bond acceptors (Lipinski definition) is 5. The van der Waals surface area contributed by atoms with E-state index in [0.29, 0.717) is 18.9 Å². The van der Waals surface area contributed by atoms with Crippen molar-refractivity contribution < 1.29 is 9.72 Å². The van der Waals surface area contributed by atoms with Gasteiger partial charge in [0.25, 0.3) is 0 Å². The molecule has 0 saturated carbocycles. The van der Waals surface area contributed by atoms with Crippen LogP contribution in [-0.2, 0) is 17.8 Å². The minimum Gasteiger partial charge on any atom is -0.358 e. The Kier molecular flexibility index (Phi) is 7.53. The van der Waals surface area contributed by atoms with E-state index < -0.39 is 4.92 Å². The van der Waals surface area contributed by atoms with E-state index in [1.165, 1.54) is 11.8 Å². The molecule has 1 aromatic heterocycles. The molecule has 152 valence electrons. The summed E-state index contributed by atoms with van der Waals surface area (Å²) in [7, 11) is 0. The molecule has 1 aliphatic rings. The number of piperazine rings is 1. The van der Waals surface area contributed by atoms with E-state index in [2.05, 4.69) is 41.5 Å². The summed E-state index contributed by atoms with van der Waals surface area (Å²) in [5, 5.41) is 14.2. The first-order chi connectivity index (χ1) is 13.0. The summed E-state index contributed by atoms with van der Waals surface area (Å²) < 4.78 is 1.67. The van der Waals surface area contributed by atoms with Gasteiger partial charge in [-0.3, -0.25) is 4.79 Å². The van der Waals surface area contributed by atoms with Crippen molar-refractivity contribution in [2.24, 2.45) is 0 Å². The average Bonchev–Trinajstić information content (AvgIpc) is 3.07. The minimum absolute atomic E-state index is 0.